The summed E-state index contributed by atoms with van der Waals surface area (Å²) < 4.78 is 33.5. The molecule has 2 atom stereocenters. The number of hydrogen-bond donors (Lipinski definition) is 1. The molecule has 1 heterocycles. The van der Waals surface area contributed by atoms with E-state index in [-0.39, 0.29) is 35.9 Å². The van der Waals surface area contributed by atoms with Crippen molar-refractivity contribution in [1.29, 1.82) is 0 Å². The van der Waals surface area contributed by atoms with Crippen molar-refractivity contribution in [1.82, 2.24) is 10.2 Å². The molecular weight excluding hydrogens is 486 g/mol. The van der Waals surface area contributed by atoms with Crippen molar-refractivity contribution in [3.63, 3.8) is 0 Å². The zero-order chi connectivity index (χ0) is 27.2. The monoisotopic (exact) mass is 520 g/mol. The van der Waals surface area contributed by atoms with E-state index in [9.17, 15) is 18.4 Å². The predicted octanol–water partition coefficient (Wildman–Crippen LogP) is 5.96. The predicted molar refractivity (Wildman–Crippen MR) is 143 cm³/mol. The minimum Gasteiger partial charge on any atom is -0.481 e. The lowest BCUT2D eigenvalue weighted by atomic mass is 9.87. The van der Waals surface area contributed by atoms with E-state index < -0.39 is 12.1 Å². The lowest BCUT2D eigenvalue weighted by Crippen LogP contribution is -2.41. The SMILES string of the molecule is CC[C@H](Oc1ccc2c(c1)[C@H](c1cccc(F)c1)N(C(=O)CC(C)C)CC2)C(=O)NCc1ccc(F)cc1. The molecule has 200 valence electrons. The van der Waals surface area contributed by atoms with Crippen LogP contribution in [0, 0.1) is 17.6 Å². The molecule has 5 nitrogen and oxygen atoms in total. The van der Waals surface area contributed by atoms with Crippen molar-refractivity contribution in [2.24, 2.45) is 5.92 Å². The first-order valence-corrected chi connectivity index (χ1v) is 13.1. The third-order valence-corrected chi connectivity index (χ3v) is 6.73. The molecular formula is C31H34F2N2O3. The lowest BCUT2D eigenvalue weighted by Gasteiger charge is -2.38. The maximum absolute atomic E-state index is 14.2. The molecule has 0 radical (unpaired) electrons. The zero-order valence-corrected chi connectivity index (χ0v) is 22.0. The van der Waals surface area contributed by atoms with Crippen LogP contribution in [-0.4, -0.2) is 29.4 Å². The largest absolute Gasteiger partial charge is 0.481 e. The highest BCUT2D eigenvalue weighted by Crippen LogP contribution is 2.38. The molecule has 0 saturated carbocycles. The summed E-state index contributed by atoms with van der Waals surface area (Å²) in [5.74, 6) is -0.231. The summed E-state index contributed by atoms with van der Waals surface area (Å²) in [6, 6.07) is 17.5. The van der Waals surface area contributed by atoms with Gasteiger partial charge in [0, 0.05) is 19.5 Å². The smallest absolute Gasteiger partial charge is 0.261 e. The number of nitrogens with zero attached hydrogens (tertiary/aromatic N) is 1. The van der Waals surface area contributed by atoms with Crippen LogP contribution in [0.2, 0.25) is 0 Å². The van der Waals surface area contributed by atoms with Crippen LogP contribution in [0.5, 0.6) is 5.75 Å². The molecule has 0 unspecified atom stereocenters. The van der Waals surface area contributed by atoms with E-state index in [2.05, 4.69) is 5.32 Å². The molecule has 0 aromatic heterocycles. The Morgan fingerprint density at radius 1 is 1.03 bits per heavy atom. The van der Waals surface area contributed by atoms with Gasteiger partial charge in [0.15, 0.2) is 6.10 Å². The number of rotatable bonds is 9. The second-order valence-corrected chi connectivity index (χ2v) is 10.1. The minimum atomic E-state index is -0.733. The summed E-state index contributed by atoms with van der Waals surface area (Å²) in [5.41, 5.74) is 3.42. The van der Waals surface area contributed by atoms with Crippen LogP contribution >= 0.6 is 0 Å². The van der Waals surface area contributed by atoms with Crippen LogP contribution in [-0.2, 0) is 22.6 Å². The molecule has 0 spiro atoms. The Balaban J connectivity index is 1.58. The van der Waals surface area contributed by atoms with E-state index in [1.54, 1.807) is 18.2 Å². The number of halogens is 2. The van der Waals surface area contributed by atoms with Crippen molar-refractivity contribution in [2.45, 2.75) is 58.7 Å². The summed E-state index contributed by atoms with van der Waals surface area (Å²) in [6.45, 7) is 6.68. The number of carbonyl (C=O) groups is 2. The molecule has 2 amide bonds. The number of ether oxygens (including phenoxy) is 1. The molecule has 0 bridgehead atoms. The standard InChI is InChI=1S/C31H34F2N2O3/c1-4-28(31(37)34-19-21-8-11-24(32)12-9-21)38-26-13-10-22-14-15-35(29(36)16-20(2)3)30(27(22)18-26)23-6-5-7-25(33)17-23/h5-13,17-18,20,28,30H,4,14-16,19H2,1-3H3,(H,34,37)/t28-,30-/m0/s1. The molecule has 1 aliphatic heterocycles. The third kappa shape index (κ3) is 6.57. The van der Waals surface area contributed by atoms with Crippen molar-refractivity contribution in [3.8, 4) is 5.75 Å². The highest BCUT2D eigenvalue weighted by atomic mass is 19.1. The van der Waals surface area contributed by atoms with Crippen molar-refractivity contribution < 1.29 is 23.1 Å². The molecule has 1 aliphatic rings. The van der Waals surface area contributed by atoms with Crippen LogP contribution in [0.3, 0.4) is 0 Å². The van der Waals surface area contributed by atoms with Gasteiger partial charge in [-0.2, -0.15) is 0 Å². The minimum absolute atomic E-state index is 0.0258. The maximum atomic E-state index is 14.2. The molecule has 38 heavy (non-hydrogen) atoms. The molecule has 3 aromatic carbocycles. The van der Waals surface area contributed by atoms with Crippen molar-refractivity contribution in [3.05, 3.63) is 101 Å². The van der Waals surface area contributed by atoms with Crippen LogP contribution in [0.25, 0.3) is 0 Å². The average molecular weight is 521 g/mol. The van der Waals surface area contributed by atoms with E-state index in [1.807, 2.05) is 49.9 Å². The van der Waals surface area contributed by atoms with Gasteiger partial charge in [0.1, 0.15) is 17.4 Å². The third-order valence-electron chi connectivity index (χ3n) is 6.73. The van der Waals surface area contributed by atoms with Crippen molar-refractivity contribution >= 4 is 11.8 Å². The van der Waals surface area contributed by atoms with Crippen LogP contribution in [0.15, 0.2) is 66.7 Å². The average Bonchev–Trinajstić information content (AvgIpc) is 2.90. The van der Waals surface area contributed by atoms with E-state index in [4.69, 9.17) is 4.74 Å². The number of carbonyl (C=O) groups excluding carboxylic acids is 2. The number of amides is 2. The summed E-state index contributed by atoms with van der Waals surface area (Å²) in [4.78, 5) is 27.9. The number of benzene rings is 3. The van der Waals surface area contributed by atoms with Crippen LogP contribution in [0.1, 0.15) is 61.9 Å². The van der Waals surface area contributed by atoms with Gasteiger partial charge in [-0.15, -0.1) is 0 Å². The number of fused-ring (bicyclic) bond motifs is 1. The Kier molecular flexibility index (Phi) is 8.77. The highest BCUT2D eigenvalue weighted by Gasteiger charge is 2.33. The normalized spacial score (nSPS) is 15.6. The molecule has 1 N–H and O–H groups in total. The van der Waals surface area contributed by atoms with Crippen LogP contribution < -0.4 is 10.1 Å². The quantitative estimate of drug-likeness (QED) is 0.379. The molecule has 4 rings (SSSR count). The molecule has 0 aliphatic carbocycles. The van der Waals surface area contributed by atoms with Gasteiger partial charge >= 0.3 is 0 Å². The molecule has 3 aromatic rings. The maximum Gasteiger partial charge on any atom is 0.261 e. The van der Waals surface area contributed by atoms with Crippen molar-refractivity contribution in [2.75, 3.05) is 6.54 Å². The van der Waals surface area contributed by atoms with Gasteiger partial charge < -0.3 is 15.0 Å². The Morgan fingerprint density at radius 3 is 2.47 bits per heavy atom. The van der Waals surface area contributed by atoms with Crippen LogP contribution in [0.4, 0.5) is 8.78 Å². The fraction of sp³-hybridized carbons (Fsp3) is 0.355. The summed E-state index contributed by atoms with van der Waals surface area (Å²) in [7, 11) is 0. The summed E-state index contributed by atoms with van der Waals surface area (Å²) in [6.07, 6.45) is 0.798. The Bertz CT molecular complexity index is 1280. The first kappa shape index (κ1) is 27.3. The molecule has 0 saturated heterocycles. The topological polar surface area (TPSA) is 58.6 Å². The first-order chi connectivity index (χ1) is 18.2. The Morgan fingerprint density at radius 2 is 1.79 bits per heavy atom. The Labute approximate surface area is 222 Å². The van der Waals surface area contributed by atoms with Gasteiger partial charge in [-0.25, -0.2) is 8.78 Å². The highest BCUT2D eigenvalue weighted by molar-refractivity contribution is 5.81. The zero-order valence-electron chi connectivity index (χ0n) is 22.0. The molecule has 0 fully saturated rings. The van der Waals surface area contributed by atoms with Gasteiger partial charge in [-0.3, -0.25) is 9.59 Å². The summed E-state index contributed by atoms with van der Waals surface area (Å²) in [5, 5.41) is 2.85. The van der Waals surface area contributed by atoms with E-state index in [0.29, 0.717) is 37.1 Å². The second kappa shape index (κ2) is 12.2. The number of hydrogen-bond acceptors (Lipinski definition) is 3. The van der Waals surface area contributed by atoms with Gasteiger partial charge in [0.25, 0.3) is 5.91 Å². The van der Waals surface area contributed by atoms with Gasteiger partial charge in [-0.1, -0.05) is 51.1 Å². The van der Waals surface area contributed by atoms with Gasteiger partial charge in [-0.05, 0) is 77.4 Å². The Hall–Kier alpha value is -3.74. The van der Waals surface area contributed by atoms with Gasteiger partial charge in [0.2, 0.25) is 5.91 Å². The van der Waals surface area contributed by atoms with Gasteiger partial charge in [0.05, 0.1) is 6.04 Å². The second-order valence-electron chi connectivity index (χ2n) is 10.1. The summed E-state index contributed by atoms with van der Waals surface area (Å²) >= 11 is 0. The van der Waals surface area contributed by atoms with E-state index >= 15 is 0 Å². The first-order valence-electron chi connectivity index (χ1n) is 13.1. The fourth-order valence-electron chi connectivity index (χ4n) is 4.83. The number of nitrogens with one attached hydrogen (secondary N) is 1. The molecule has 7 heteroatoms. The lowest BCUT2D eigenvalue weighted by molar-refractivity contribution is -0.134. The van der Waals surface area contributed by atoms with E-state index in [1.165, 1.54) is 24.3 Å². The van der Waals surface area contributed by atoms with E-state index in [0.717, 1.165) is 16.7 Å². The fourth-order valence-corrected chi connectivity index (χ4v) is 4.83.